The van der Waals surface area contributed by atoms with Crippen LogP contribution < -0.4 is 25.8 Å². The normalized spacial score (nSPS) is 14.0. The number of anilines is 2. The molecule has 0 bridgehead atoms. The topological polar surface area (TPSA) is 99.8 Å². The molecule has 0 amide bonds. The molecule has 10 nitrogen and oxygen atoms in total. The van der Waals surface area contributed by atoms with Crippen LogP contribution in [-0.2, 0) is 4.74 Å². The van der Waals surface area contributed by atoms with E-state index in [1.807, 2.05) is 44.2 Å². The number of rotatable bonds is 10. The molecule has 2 aromatic rings. The maximum absolute atomic E-state index is 6.97. The van der Waals surface area contributed by atoms with Crippen molar-refractivity contribution in [3.63, 3.8) is 0 Å². The molecule has 0 saturated carbocycles. The number of aromatic nitrogens is 1. The summed E-state index contributed by atoms with van der Waals surface area (Å²) >= 11 is 0. The monoisotopic (exact) mass is 464 g/mol. The number of nitrogens with one attached hydrogen (secondary N) is 3. The molecule has 0 atom stereocenters. The number of hydrogen-bond donors (Lipinski definition) is 3. The van der Waals surface area contributed by atoms with E-state index in [4.69, 9.17) is 16.0 Å². The summed E-state index contributed by atoms with van der Waals surface area (Å²) in [5, 5.41) is 7.43. The molecule has 2 heterocycles. The highest BCUT2D eigenvalue weighted by Gasteiger charge is 2.14. The number of nitrogens with zero attached hydrogens (tertiary/aromatic N) is 5. The van der Waals surface area contributed by atoms with Crippen LogP contribution in [0.15, 0.2) is 46.5 Å². The Kier molecular flexibility index (Phi) is 9.95. The maximum Gasteiger partial charge on any atom is 0.262 e. The number of hydrogen-bond acceptors (Lipinski definition) is 7. The van der Waals surface area contributed by atoms with Gasteiger partial charge in [-0.1, -0.05) is 42.2 Å². The van der Waals surface area contributed by atoms with Crippen molar-refractivity contribution >= 4 is 23.7 Å². The average molecular weight is 465 g/mol. The molecule has 180 valence electrons. The van der Waals surface area contributed by atoms with Crippen molar-refractivity contribution in [2.75, 3.05) is 56.3 Å². The number of aryl methyl sites for hydroxylation is 1. The predicted molar refractivity (Wildman–Crippen MR) is 135 cm³/mol. The van der Waals surface area contributed by atoms with E-state index in [1.165, 1.54) is 5.56 Å². The minimum atomic E-state index is 0.358. The van der Waals surface area contributed by atoms with Gasteiger partial charge in [-0.15, -0.1) is 0 Å². The molecule has 0 spiro atoms. The van der Waals surface area contributed by atoms with E-state index >= 15 is 0 Å². The van der Waals surface area contributed by atoms with Crippen molar-refractivity contribution in [3.8, 4) is 5.88 Å². The van der Waals surface area contributed by atoms with Gasteiger partial charge in [-0.3, -0.25) is 5.43 Å². The Morgan fingerprint density at radius 2 is 2.15 bits per heavy atom. The van der Waals surface area contributed by atoms with Crippen LogP contribution in [0.5, 0.6) is 5.88 Å². The molecule has 34 heavy (non-hydrogen) atoms. The molecule has 1 aliphatic heterocycles. The summed E-state index contributed by atoms with van der Waals surface area (Å²) in [6, 6.07) is 12.0. The van der Waals surface area contributed by atoms with Gasteiger partial charge >= 0.3 is 0 Å². The van der Waals surface area contributed by atoms with E-state index in [0.717, 1.165) is 30.8 Å². The highest BCUT2D eigenvalue weighted by Crippen LogP contribution is 2.24. The number of ether oxygens (including phenoxy) is 2. The number of hydrazone groups is 1. The second-order valence-electron chi connectivity index (χ2n) is 7.66. The molecular formula is C24H32N8O2. The Morgan fingerprint density at radius 3 is 2.91 bits per heavy atom. The fourth-order valence-corrected chi connectivity index (χ4v) is 3.28. The van der Waals surface area contributed by atoms with Crippen LogP contribution in [0, 0.1) is 13.5 Å². The zero-order valence-electron chi connectivity index (χ0n) is 19.8. The van der Waals surface area contributed by atoms with E-state index in [0.29, 0.717) is 50.6 Å². The van der Waals surface area contributed by atoms with Crippen LogP contribution >= 0.6 is 0 Å². The third-order valence-corrected chi connectivity index (χ3v) is 4.90. The fraction of sp³-hybridized carbons (Fsp3) is 0.417. The van der Waals surface area contributed by atoms with Gasteiger partial charge < -0.3 is 19.7 Å². The summed E-state index contributed by atoms with van der Waals surface area (Å²) in [4.78, 5) is 14.3. The van der Waals surface area contributed by atoms with Crippen molar-refractivity contribution in [3.05, 3.63) is 59.1 Å². The zero-order valence-corrected chi connectivity index (χ0v) is 19.8. The first-order chi connectivity index (χ1) is 16.7. The summed E-state index contributed by atoms with van der Waals surface area (Å²) in [6.45, 7) is 15.5. The summed E-state index contributed by atoms with van der Waals surface area (Å²) < 4.78 is 11.4. The zero-order chi connectivity index (χ0) is 24.0. The molecule has 10 heteroatoms. The van der Waals surface area contributed by atoms with Crippen LogP contribution in [0.2, 0.25) is 0 Å². The first kappa shape index (κ1) is 24.8. The molecule has 1 saturated heterocycles. The Balaban J connectivity index is 1.65. The van der Waals surface area contributed by atoms with Gasteiger partial charge in [0.05, 0.1) is 26.0 Å². The lowest BCUT2D eigenvalue weighted by atomic mass is 10.2. The van der Waals surface area contributed by atoms with Gasteiger partial charge in [-0.2, -0.15) is 21.6 Å². The SMILES string of the molecule is [C-]#[N+]NC(=NCCC)NCCOc1cc(N2CCOCC2)cc(N/N=C\c2cccc(C)c2)n1. The lowest BCUT2D eigenvalue weighted by Gasteiger charge is -2.29. The minimum Gasteiger partial charge on any atom is -0.476 e. The van der Waals surface area contributed by atoms with Crippen molar-refractivity contribution in [1.29, 1.82) is 0 Å². The minimum absolute atomic E-state index is 0.358. The number of benzene rings is 1. The van der Waals surface area contributed by atoms with Gasteiger partial charge in [0.1, 0.15) is 6.61 Å². The third-order valence-electron chi connectivity index (χ3n) is 4.90. The first-order valence-electron chi connectivity index (χ1n) is 11.4. The van der Waals surface area contributed by atoms with Crippen molar-refractivity contribution in [2.24, 2.45) is 10.1 Å². The summed E-state index contributed by atoms with van der Waals surface area (Å²) in [7, 11) is 0. The predicted octanol–water partition coefficient (Wildman–Crippen LogP) is 2.83. The van der Waals surface area contributed by atoms with Crippen LogP contribution in [0.3, 0.4) is 0 Å². The Morgan fingerprint density at radius 1 is 1.29 bits per heavy atom. The van der Waals surface area contributed by atoms with Gasteiger partial charge in [-0.25, -0.2) is 4.99 Å². The van der Waals surface area contributed by atoms with Crippen molar-refractivity contribution in [1.82, 2.24) is 15.7 Å². The molecule has 1 aromatic carbocycles. The fourth-order valence-electron chi connectivity index (χ4n) is 3.28. The van der Waals surface area contributed by atoms with E-state index in [-0.39, 0.29) is 0 Å². The molecular weight excluding hydrogens is 432 g/mol. The Bertz CT molecular complexity index is 1010. The van der Waals surface area contributed by atoms with Gasteiger partial charge in [0, 0.05) is 37.5 Å². The second-order valence-corrected chi connectivity index (χ2v) is 7.66. The smallest absolute Gasteiger partial charge is 0.262 e. The van der Waals surface area contributed by atoms with Crippen LogP contribution in [0.4, 0.5) is 11.5 Å². The third kappa shape index (κ3) is 8.26. The van der Waals surface area contributed by atoms with Crippen LogP contribution in [0.25, 0.3) is 4.95 Å². The van der Waals surface area contributed by atoms with Gasteiger partial charge in [0.25, 0.3) is 5.96 Å². The molecule has 0 aliphatic carbocycles. The van der Waals surface area contributed by atoms with Gasteiger partial charge in [0.2, 0.25) is 5.88 Å². The van der Waals surface area contributed by atoms with Crippen molar-refractivity contribution < 1.29 is 9.47 Å². The maximum atomic E-state index is 6.97. The van der Waals surface area contributed by atoms with E-state index in [1.54, 1.807) is 6.21 Å². The summed E-state index contributed by atoms with van der Waals surface area (Å²) in [5.74, 6) is 1.53. The quantitative estimate of drug-likeness (QED) is 0.163. The summed E-state index contributed by atoms with van der Waals surface area (Å²) in [6.07, 6.45) is 2.67. The number of aliphatic imine (C=N–C) groups is 1. The summed E-state index contributed by atoms with van der Waals surface area (Å²) in [5.41, 5.74) is 8.73. The molecule has 3 N–H and O–H groups in total. The number of morpholine rings is 1. The standard InChI is InChI=1S/C24H32N8O2/c1-4-8-26-24(31-25-3)27-9-12-34-23-17-21(32-10-13-33-14-11-32)16-22(29-23)30-28-18-20-7-5-6-19(2)15-20/h5-7,15-18H,4,8-14H2,1-2H3,(H,29,30)(H2,26,27,31)/b28-18-. The Hall–Kier alpha value is -3.84. The average Bonchev–Trinajstić information content (AvgIpc) is 2.85. The Labute approximate surface area is 200 Å². The second kappa shape index (κ2) is 13.6. The van der Waals surface area contributed by atoms with Crippen molar-refractivity contribution in [2.45, 2.75) is 20.3 Å². The molecule has 1 aliphatic rings. The van der Waals surface area contributed by atoms with E-state index in [2.05, 4.69) is 47.2 Å². The highest BCUT2D eigenvalue weighted by molar-refractivity contribution is 5.80. The molecule has 0 unspecified atom stereocenters. The molecule has 3 rings (SSSR count). The van der Waals surface area contributed by atoms with E-state index < -0.39 is 0 Å². The number of pyridine rings is 1. The highest BCUT2D eigenvalue weighted by atomic mass is 16.5. The lowest BCUT2D eigenvalue weighted by Crippen LogP contribution is -2.36. The number of guanidine groups is 1. The molecule has 1 fully saturated rings. The largest absolute Gasteiger partial charge is 0.476 e. The van der Waals surface area contributed by atoms with Gasteiger partial charge in [-0.05, 0) is 18.9 Å². The van der Waals surface area contributed by atoms with Crippen LogP contribution in [0.1, 0.15) is 24.5 Å². The molecule has 1 aromatic heterocycles. The van der Waals surface area contributed by atoms with Gasteiger partial charge in [0.15, 0.2) is 5.82 Å². The lowest BCUT2D eigenvalue weighted by molar-refractivity contribution is 0.122. The van der Waals surface area contributed by atoms with E-state index in [9.17, 15) is 0 Å². The molecule has 0 radical (unpaired) electrons. The first-order valence-corrected chi connectivity index (χ1v) is 11.4. The van der Waals surface area contributed by atoms with Crippen LogP contribution in [-0.4, -0.2) is 63.2 Å².